The third-order valence-electron chi connectivity index (χ3n) is 5.52. The second kappa shape index (κ2) is 7.00. The second-order valence-corrected chi connectivity index (χ2v) is 9.70. The van der Waals surface area contributed by atoms with Gasteiger partial charge < -0.3 is 15.5 Å². The summed E-state index contributed by atoms with van der Waals surface area (Å²) in [6, 6.07) is -0.0696. The summed E-state index contributed by atoms with van der Waals surface area (Å²) >= 11 is 0. The molecule has 8 heteroatoms. The van der Waals surface area contributed by atoms with Crippen molar-refractivity contribution in [3.63, 3.8) is 0 Å². The predicted octanol–water partition coefficient (Wildman–Crippen LogP) is -0.331. The van der Waals surface area contributed by atoms with Crippen molar-refractivity contribution in [1.82, 2.24) is 15.5 Å². The van der Waals surface area contributed by atoms with Gasteiger partial charge in [-0.3, -0.25) is 9.59 Å². The largest absolute Gasteiger partial charge is 0.351 e. The quantitative estimate of drug-likeness (QED) is 0.718. The van der Waals surface area contributed by atoms with E-state index in [1.807, 2.05) is 0 Å². The first-order valence-corrected chi connectivity index (χ1v) is 10.7. The average molecular weight is 357 g/mol. The first-order valence-electron chi connectivity index (χ1n) is 8.85. The number of likely N-dealkylation sites (N-methyl/N-ethyl adjacent to an activating group) is 1. The summed E-state index contributed by atoms with van der Waals surface area (Å²) in [4.78, 5) is 26.1. The molecule has 1 saturated carbocycles. The minimum Gasteiger partial charge on any atom is -0.351 e. The number of carbonyl (C=O) groups excluding carboxylic acids is 2. The fraction of sp³-hybridized carbons (Fsp3) is 0.875. The minimum atomic E-state index is -3.02. The number of hydrogen-bond donors (Lipinski definition) is 2. The number of fused-ring (bicyclic) bond motifs is 1. The summed E-state index contributed by atoms with van der Waals surface area (Å²) in [6.07, 6.45) is 6.09. The van der Waals surface area contributed by atoms with Gasteiger partial charge in [0, 0.05) is 19.1 Å². The van der Waals surface area contributed by atoms with Crippen LogP contribution >= 0.6 is 0 Å². The number of nitrogens with one attached hydrogen (secondary N) is 2. The molecule has 3 fully saturated rings. The lowest BCUT2D eigenvalue weighted by atomic mass is 9.85. The van der Waals surface area contributed by atoms with E-state index >= 15 is 0 Å². The van der Waals surface area contributed by atoms with Crippen molar-refractivity contribution < 1.29 is 18.0 Å². The van der Waals surface area contributed by atoms with Gasteiger partial charge in [-0.2, -0.15) is 0 Å². The van der Waals surface area contributed by atoms with Crippen LogP contribution in [0.25, 0.3) is 0 Å². The smallest absolute Gasteiger partial charge is 0.239 e. The van der Waals surface area contributed by atoms with Crippen molar-refractivity contribution in [3.8, 4) is 0 Å². The molecule has 2 aliphatic heterocycles. The lowest BCUT2D eigenvalue weighted by Gasteiger charge is -2.24. The lowest BCUT2D eigenvalue weighted by Crippen LogP contribution is -2.48. The average Bonchev–Trinajstić information content (AvgIpc) is 3.09. The van der Waals surface area contributed by atoms with Gasteiger partial charge in [-0.1, -0.05) is 12.8 Å². The Bertz CT molecular complexity index is 592. The third-order valence-corrected chi connectivity index (χ3v) is 7.28. The molecule has 0 aromatic heterocycles. The van der Waals surface area contributed by atoms with Crippen LogP contribution in [0.5, 0.6) is 0 Å². The van der Waals surface area contributed by atoms with Crippen LogP contribution in [0, 0.1) is 5.92 Å². The number of nitrogens with zero attached hydrogens (tertiary/aromatic N) is 1. The van der Waals surface area contributed by atoms with Gasteiger partial charge in [0.15, 0.2) is 9.84 Å². The Balaban J connectivity index is 1.46. The Labute approximate surface area is 143 Å². The van der Waals surface area contributed by atoms with Gasteiger partial charge in [0.25, 0.3) is 0 Å². The van der Waals surface area contributed by atoms with Crippen molar-refractivity contribution in [1.29, 1.82) is 0 Å². The third kappa shape index (κ3) is 4.08. The SMILES string of the molecule is CN(CC(=O)NC1CCS(=O)(=O)C1)C(=O)C1CC2CCCCC2N1. The molecule has 3 aliphatic rings. The predicted molar refractivity (Wildman–Crippen MR) is 90.1 cm³/mol. The van der Waals surface area contributed by atoms with E-state index in [4.69, 9.17) is 0 Å². The highest BCUT2D eigenvalue weighted by Gasteiger charge is 2.39. The summed E-state index contributed by atoms with van der Waals surface area (Å²) < 4.78 is 22.9. The van der Waals surface area contributed by atoms with E-state index in [0.717, 1.165) is 12.8 Å². The molecule has 0 aromatic carbocycles. The maximum absolute atomic E-state index is 12.6. The topological polar surface area (TPSA) is 95.6 Å². The molecule has 2 N–H and O–H groups in total. The van der Waals surface area contributed by atoms with Crippen LogP contribution in [0.2, 0.25) is 0 Å². The first kappa shape index (κ1) is 17.7. The second-order valence-electron chi connectivity index (χ2n) is 7.47. The Hall–Kier alpha value is -1.15. The molecule has 0 spiro atoms. The molecule has 4 unspecified atom stereocenters. The first-order chi connectivity index (χ1) is 11.3. The van der Waals surface area contributed by atoms with Crippen LogP contribution < -0.4 is 10.6 Å². The fourth-order valence-corrected chi connectivity index (χ4v) is 5.93. The fourth-order valence-electron chi connectivity index (χ4n) is 4.25. The zero-order valence-corrected chi connectivity index (χ0v) is 15.0. The maximum atomic E-state index is 12.6. The summed E-state index contributed by atoms with van der Waals surface area (Å²) in [5.74, 6) is 0.381. The van der Waals surface area contributed by atoms with Crippen LogP contribution in [0.3, 0.4) is 0 Å². The standard InChI is InChI=1S/C16H27N3O4S/c1-19(9-15(20)17-12-6-7-24(22,23)10-12)16(21)14-8-11-4-2-3-5-13(11)18-14/h11-14,18H,2-10H2,1H3,(H,17,20). The zero-order valence-electron chi connectivity index (χ0n) is 14.2. The van der Waals surface area contributed by atoms with Crippen LogP contribution in [0.4, 0.5) is 0 Å². The lowest BCUT2D eigenvalue weighted by molar-refractivity contribution is -0.136. The van der Waals surface area contributed by atoms with Gasteiger partial charge in [0.2, 0.25) is 11.8 Å². The number of carbonyl (C=O) groups is 2. The molecule has 0 radical (unpaired) electrons. The van der Waals surface area contributed by atoms with Crippen molar-refractivity contribution in [2.75, 3.05) is 25.1 Å². The van der Waals surface area contributed by atoms with Crippen molar-refractivity contribution in [3.05, 3.63) is 0 Å². The van der Waals surface area contributed by atoms with E-state index in [1.54, 1.807) is 7.05 Å². The van der Waals surface area contributed by atoms with Gasteiger partial charge in [0.1, 0.15) is 0 Å². The molecule has 3 rings (SSSR count). The molecular formula is C16H27N3O4S. The van der Waals surface area contributed by atoms with E-state index in [0.29, 0.717) is 18.4 Å². The van der Waals surface area contributed by atoms with Gasteiger partial charge >= 0.3 is 0 Å². The van der Waals surface area contributed by atoms with Crippen LogP contribution in [-0.2, 0) is 19.4 Å². The van der Waals surface area contributed by atoms with E-state index < -0.39 is 9.84 Å². The van der Waals surface area contributed by atoms with E-state index in [9.17, 15) is 18.0 Å². The molecule has 24 heavy (non-hydrogen) atoms. The van der Waals surface area contributed by atoms with Gasteiger partial charge in [-0.15, -0.1) is 0 Å². The van der Waals surface area contributed by atoms with Crippen molar-refractivity contribution >= 4 is 21.7 Å². The summed E-state index contributed by atoms with van der Waals surface area (Å²) in [5, 5.41) is 6.16. The Kier molecular flexibility index (Phi) is 5.15. The molecule has 136 valence electrons. The molecule has 2 heterocycles. The molecule has 2 saturated heterocycles. The summed E-state index contributed by atoms with van der Waals surface area (Å²) in [7, 11) is -1.38. The molecule has 4 atom stereocenters. The highest BCUT2D eigenvalue weighted by atomic mass is 32.2. The van der Waals surface area contributed by atoms with Gasteiger partial charge in [-0.05, 0) is 31.6 Å². The zero-order chi connectivity index (χ0) is 17.3. The van der Waals surface area contributed by atoms with Crippen LogP contribution in [0.1, 0.15) is 38.5 Å². The van der Waals surface area contributed by atoms with E-state index in [-0.39, 0.29) is 41.9 Å². The molecule has 2 amide bonds. The van der Waals surface area contributed by atoms with Crippen LogP contribution in [-0.4, -0.2) is 68.4 Å². The Morgan fingerprint density at radius 2 is 1.96 bits per heavy atom. The van der Waals surface area contributed by atoms with E-state index in [1.165, 1.54) is 24.2 Å². The van der Waals surface area contributed by atoms with Gasteiger partial charge in [0.05, 0.1) is 24.1 Å². The van der Waals surface area contributed by atoms with Gasteiger partial charge in [-0.25, -0.2) is 8.42 Å². The molecule has 0 bridgehead atoms. The summed E-state index contributed by atoms with van der Waals surface area (Å²) in [5.41, 5.74) is 0. The van der Waals surface area contributed by atoms with Crippen molar-refractivity contribution in [2.45, 2.75) is 56.7 Å². The summed E-state index contributed by atoms with van der Waals surface area (Å²) in [6.45, 7) is -0.0249. The molecule has 7 nitrogen and oxygen atoms in total. The monoisotopic (exact) mass is 357 g/mol. The molecule has 1 aliphatic carbocycles. The normalized spacial score (nSPS) is 34.5. The van der Waals surface area contributed by atoms with E-state index in [2.05, 4.69) is 10.6 Å². The minimum absolute atomic E-state index is 0.00391. The Morgan fingerprint density at radius 1 is 1.21 bits per heavy atom. The Morgan fingerprint density at radius 3 is 2.62 bits per heavy atom. The number of amides is 2. The molecule has 0 aromatic rings. The highest BCUT2D eigenvalue weighted by Crippen LogP contribution is 2.33. The number of sulfone groups is 1. The number of hydrogen-bond acceptors (Lipinski definition) is 5. The molecular weight excluding hydrogens is 330 g/mol. The maximum Gasteiger partial charge on any atom is 0.239 e. The van der Waals surface area contributed by atoms with Crippen molar-refractivity contribution in [2.24, 2.45) is 5.92 Å². The number of rotatable bonds is 4. The van der Waals surface area contributed by atoms with Crippen LogP contribution in [0.15, 0.2) is 0 Å². The highest BCUT2D eigenvalue weighted by molar-refractivity contribution is 7.91.